The fourth-order valence-corrected chi connectivity index (χ4v) is 3.21. The molecule has 1 aromatic carbocycles. The fraction of sp³-hybridized carbons (Fsp3) is 0.588. The number of nitrogens with one attached hydrogen (secondary N) is 1. The standard InChI is InChI=1S/C17H24ClNO2/c1-17(2,21)13-5-3-12(4-6-13)11-16(20)19-15-9-7-14(18)8-10-15/h7-10,12-13,21H,3-6,11H2,1-2H3,(H,19,20). The molecule has 0 unspecified atom stereocenters. The molecule has 2 N–H and O–H groups in total. The van der Waals surface area contributed by atoms with Crippen molar-refractivity contribution in [3.05, 3.63) is 29.3 Å². The quantitative estimate of drug-likeness (QED) is 0.873. The fourth-order valence-electron chi connectivity index (χ4n) is 3.08. The monoisotopic (exact) mass is 309 g/mol. The number of hydrogen-bond donors (Lipinski definition) is 2. The van der Waals surface area contributed by atoms with Gasteiger partial charge in [0.25, 0.3) is 0 Å². The van der Waals surface area contributed by atoms with Gasteiger partial charge in [-0.2, -0.15) is 0 Å². The highest BCUT2D eigenvalue weighted by Gasteiger charge is 2.31. The van der Waals surface area contributed by atoms with Crippen molar-refractivity contribution < 1.29 is 9.90 Å². The molecule has 0 saturated heterocycles. The number of rotatable bonds is 4. The third kappa shape index (κ3) is 5.01. The Morgan fingerprint density at radius 2 is 1.81 bits per heavy atom. The smallest absolute Gasteiger partial charge is 0.224 e. The first-order valence-electron chi connectivity index (χ1n) is 7.62. The molecule has 1 fully saturated rings. The predicted octanol–water partition coefficient (Wildman–Crippen LogP) is 4.25. The molecule has 3 nitrogen and oxygen atoms in total. The Morgan fingerprint density at radius 1 is 1.24 bits per heavy atom. The Balaban J connectivity index is 1.78. The van der Waals surface area contributed by atoms with Crippen LogP contribution in [0.4, 0.5) is 5.69 Å². The highest BCUT2D eigenvalue weighted by molar-refractivity contribution is 6.30. The molecule has 1 aliphatic rings. The highest BCUT2D eigenvalue weighted by atomic mass is 35.5. The summed E-state index contributed by atoms with van der Waals surface area (Å²) in [4.78, 5) is 12.1. The molecule has 4 heteroatoms. The summed E-state index contributed by atoms with van der Waals surface area (Å²) in [5.74, 6) is 0.841. The van der Waals surface area contributed by atoms with Crippen molar-refractivity contribution in [3.63, 3.8) is 0 Å². The molecule has 0 spiro atoms. The van der Waals surface area contributed by atoms with Crippen LogP contribution in [0.3, 0.4) is 0 Å². The van der Waals surface area contributed by atoms with Gasteiger partial charge in [-0.25, -0.2) is 0 Å². The molecule has 2 rings (SSSR count). The van der Waals surface area contributed by atoms with Crippen molar-refractivity contribution in [1.82, 2.24) is 0 Å². The van der Waals surface area contributed by atoms with E-state index in [1.54, 1.807) is 12.1 Å². The van der Waals surface area contributed by atoms with Crippen LogP contribution in [0.25, 0.3) is 0 Å². The van der Waals surface area contributed by atoms with Crippen molar-refractivity contribution in [2.24, 2.45) is 11.8 Å². The van der Waals surface area contributed by atoms with Gasteiger partial charge in [0.05, 0.1) is 5.60 Å². The zero-order valence-electron chi connectivity index (χ0n) is 12.7. The molecule has 116 valence electrons. The van der Waals surface area contributed by atoms with E-state index in [1.165, 1.54) is 0 Å². The molecule has 21 heavy (non-hydrogen) atoms. The van der Waals surface area contributed by atoms with E-state index in [4.69, 9.17) is 11.6 Å². The van der Waals surface area contributed by atoms with Crippen molar-refractivity contribution in [3.8, 4) is 0 Å². The summed E-state index contributed by atoms with van der Waals surface area (Å²) in [5, 5.41) is 13.6. The van der Waals surface area contributed by atoms with Crippen molar-refractivity contribution in [2.75, 3.05) is 5.32 Å². The zero-order valence-corrected chi connectivity index (χ0v) is 13.5. The van der Waals surface area contributed by atoms with Gasteiger partial charge < -0.3 is 10.4 Å². The number of anilines is 1. The van der Waals surface area contributed by atoms with Gasteiger partial charge in [-0.1, -0.05) is 11.6 Å². The summed E-state index contributed by atoms with van der Waals surface area (Å²) in [7, 11) is 0. The Hall–Kier alpha value is -1.06. The average molecular weight is 310 g/mol. The molecule has 0 atom stereocenters. The van der Waals surface area contributed by atoms with Crippen molar-refractivity contribution >= 4 is 23.2 Å². The van der Waals surface area contributed by atoms with Crippen molar-refractivity contribution in [1.29, 1.82) is 0 Å². The molecule has 1 saturated carbocycles. The van der Waals surface area contributed by atoms with E-state index in [2.05, 4.69) is 5.32 Å². The third-order valence-corrected chi connectivity index (χ3v) is 4.70. The minimum atomic E-state index is -0.601. The summed E-state index contributed by atoms with van der Waals surface area (Å²) < 4.78 is 0. The van der Waals surface area contributed by atoms with E-state index in [0.717, 1.165) is 31.4 Å². The molecule has 0 radical (unpaired) electrons. The number of carbonyl (C=O) groups excluding carboxylic acids is 1. The summed E-state index contributed by atoms with van der Waals surface area (Å²) in [5.41, 5.74) is 0.186. The molecular formula is C17H24ClNO2. The van der Waals surface area contributed by atoms with E-state index in [-0.39, 0.29) is 5.91 Å². The molecule has 1 aliphatic carbocycles. The normalized spacial score (nSPS) is 22.9. The number of aliphatic hydroxyl groups is 1. The maximum absolute atomic E-state index is 12.1. The van der Waals surface area contributed by atoms with Crippen LogP contribution in [0, 0.1) is 11.8 Å². The van der Waals surface area contributed by atoms with Gasteiger partial charge in [-0.05, 0) is 75.6 Å². The van der Waals surface area contributed by atoms with Crippen LogP contribution in [0.15, 0.2) is 24.3 Å². The Bertz CT molecular complexity index is 471. The van der Waals surface area contributed by atoms with Crippen LogP contribution in [0.1, 0.15) is 46.0 Å². The summed E-state index contributed by atoms with van der Waals surface area (Å²) >= 11 is 5.82. The maximum atomic E-state index is 12.1. The maximum Gasteiger partial charge on any atom is 0.224 e. The minimum absolute atomic E-state index is 0.0593. The van der Waals surface area contributed by atoms with Gasteiger partial charge in [-0.3, -0.25) is 4.79 Å². The number of hydrogen-bond acceptors (Lipinski definition) is 2. The van der Waals surface area contributed by atoms with Gasteiger partial charge in [0.1, 0.15) is 0 Å². The van der Waals surface area contributed by atoms with Gasteiger partial charge in [-0.15, -0.1) is 0 Å². The Labute approximate surface area is 131 Å². The van der Waals surface area contributed by atoms with Crippen LogP contribution >= 0.6 is 11.6 Å². The van der Waals surface area contributed by atoms with E-state index < -0.39 is 5.60 Å². The lowest BCUT2D eigenvalue weighted by Crippen LogP contribution is -2.34. The second kappa shape index (κ2) is 6.80. The number of carbonyl (C=O) groups is 1. The van der Waals surface area contributed by atoms with Crippen LogP contribution in [0.2, 0.25) is 5.02 Å². The number of benzene rings is 1. The van der Waals surface area contributed by atoms with Crippen LogP contribution in [0.5, 0.6) is 0 Å². The summed E-state index contributed by atoms with van der Waals surface area (Å²) in [6.07, 6.45) is 4.59. The average Bonchev–Trinajstić information content (AvgIpc) is 2.41. The highest BCUT2D eigenvalue weighted by Crippen LogP contribution is 2.36. The lowest BCUT2D eigenvalue weighted by atomic mass is 9.74. The van der Waals surface area contributed by atoms with Crippen molar-refractivity contribution in [2.45, 2.75) is 51.6 Å². The molecular weight excluding hydrogens is 286 g/mol. The Kier molecular flexibility index (Phi) is 5.28. The Morgan fingerprint density at radius 3 is 2.33 bits per heavy atom. The van der Waals surface area contributed by atoms with Gasteiger partial charge in [0.2, 0.25) is 5.91 Å². The van der Waals surface area contributed by atoms with Crippen LogP contribution in [-0.2, 0) is 4.79 Å². The van der Waals surface area contributed by atoms with E-state index in [0.29, 0.717) is 23.3 Å². The first-order chi connectivity index (χ1) is 9.84. The minimum Gasteiger partial charge on any atom is -0.390 e. The van der Waals surface area contributed by atoms with Gasteiger partial charge >= 0.3 is 0 Å². The molecule has 0 aromatic heterocycles. The van der Waals surface area contributed by atoms with Crippen LogP contribution in [-0.4, -0.2) is 16.6 Å². The van der Waals surface area contributed by atoms with E-state index in [1.807, 2.05) is 26.0 Å². The van der Waals surface area contributed by atoms with Crippen LogP contribution < -0.4 is 5.32 Å². The summed E-state index contributed by atoms with van der Waals surface area (Å²) in [6, 6.07) is 7.16. The van der Waals surface area contributed by atoms with E-state index in [9.17, 15) is 9.90 Å². The number of halogens is 1. The molecule has 1 amide bonds. The molecule has 1 aromatic rings. The topological polar surface area (TPSA) is 49.3 Å². The van der Waals surface area contributed by atoms with Gasteiger partial charge in [0, 0.05) is 17.1 Å². The molecule has 0 aliphatic heterocycles. The second-order valence-corrected chi connectivity index (χ2v) is 7.07. The first-order valence-corrected chi connectivity index (χ1v) is 8.00. The lowest BCUT2D eigenvalue weighted by Gasteiger charge is -2.35. The summed E-state index contributed by atoms with van der Waals surface area (Å²) in [6.45, 7) is 3.76. The largest absolute Gasteiger partial charge is 0.390 e. The molecule has 0 bridgehead atoms. The first kappa shape index (κ1) is 16.3. The lowest BCUT2D eigenvalue weighted by molar-refractivity contribution is -0.117. The van der Waals surface area contributed by atoms with Gasteiger partial charge in [0.15, 0.2) is 0 Å². The predicted molar refractivity (Wildman–Crippen MR) is 86.4 cm³/mol. The van der Waals surface area contributed by atoms with E-state index >= 15 is 0 Å². The number of amides is 1. The second-order valence-electron chi connectivity index (χ2n) is 6.63. The molecule has 0 heterocycles. The zero-order chi connectivity index (χ0) is 15.5. The SMILES string of the molecule is CC(C)(O)C1CCC(CC(=O)Nc2ccc(Cl)cc2)CC1. The third-order valence-electron chi connectivity index (χ3n) is 4.45.